The summed E-state index contributed by atoms with van der Waals surface area (Å²) in [6.07, 6.45) is 28.8. The van der Waals surface area contributed by atoms with Gasteiger partial charge in [-0.25, -0.2) is 0 Å². The molecule has 8 aromatic carbocycles. The maximum atomic E-state index is 6.82. The normalized spacial score (nSPS) is 11.6. The molecule has 0 unspecified atom stereocenters. The van der Waals surface area contributed by atoms with Crippen LogP contribution in [0.3, 0.4) is 0 Å². The van der Waals surface area contributed by atoms with Gasteiger partial charge in [-0.05, 0) is 214 Å². The van der Waals surface area contributed by atoms with Crippen molar-refractivity contribution in [1.82, 2.24) is 0 Å². The molecule has 98 heavy (non-hydrogen) atoms. The van der Waals surface area contributed by atoms with Crippen molar-refractivity contribution in [2.75, 3.05) is 79.3 Å². The van der Waals surface area contributed by atoms with Gasteiger partial charge in [0.1, 0.15) is 0 Å². The number of fused-ring (bicyclic) bond motifs is 12. The van der Waals surface area contributed by atoms with Crippen LogP contribution in [-0.2, 0) is 0 Å². The minimum absolute atomic E-state index is 0.601. The molecule has 0 aliphatic carbocycles. The molecule has 8 aromatic rings. The first kappa shape index (κ1) is 76.7. The highest BCUT2D eigenvalue weighted by Crippen LogP contribution is 2.50. The Balaban J connectivity index is 0.985. The first-order valence-corrected chi connectivity index (χ1v) is 38.9. The summed E-state index contributed by atoms with van der Waals surface area (Å²) in [4.78, 5) is 0. The number of rotatable bonds is 53. The van der Waals surface area contributed by atoms with Gasteiger partial charge in [0.05, 0.1) is 79.3 Å². The molecule has 538 valence electrons. The van der Waals surface area contributed by atoms with E-state index in [2.05, 4.69) is 142 Å². The Hall–Kier alpha value is -7.08. The van der Waals surface area contributed by atoms with Gasteiger partial charge in [-0.15, -0.1) is 0 Å². The number of hydrogen-bond donors (Lipinski definition) is 0. The second-order valence-electron chi connectivity index (χ2n) is 26.6. The summed E-state index contributed by atoms with van der Waals surface area (Å²) in [6, 6.07) is 26.4. The topological polar surface area (TPSA) is 111 Å². The predicted molar refractivity (Wildman–Crippen MR) is 410 cm³/mol. The fourth-order valence-electron chi connectivity index (χ4n) is 12.3. The van der Waals surface area contributed by atoms with E-state index in [9.17, 15) is 0 Å². The summed E-state index contributed by atoms with van der Waals surface area (Å²) >= 11 is 0. The van der Waals surface area contributed by atoms with E-state index in [1.165, 1.54) is 12.8 Å². The van der Waals surface area contributed by atoms with E-state index >= 15 is 0 Å². The number of benzene rings is 8. The largest absolute Gasteiger partial charge is 0.490 e. The van der Waals surface area contributed by atoms with E-state index in [-0.39, 0.29) is 0 Å². The van der Waals surface area contributed by atoms with Gasteiger partial charge < -0.3 is 56.8 Å². The Morgan fingerprint density at radius 1 is 0.133 bits per heavy atom. The average molecular weight is 1350 g/mol. The fraction of sp³-hybridized carbons (Fsp3) is 0.581. The minimum Gasteiger partial charge on any atom is -0.490 e. The molecule has 0 aliphatic rings. The van der Waals surface area contributed by atoms with Gasteiger partial charge in [0.2, 0.25) is 0 Å². The summed E-state index contributed by atoms with van der Waals surface area (Å²) in [5.41, 5.74) is 0. The summed E-state index contributed by atoms with van der Waals surface area (Å²) < 4.78 is 79.4. The summed E-state index contributed by atoms with van der Waals surface area (Å²) in [7, 11) is 0. The third-order valence-electron chi connectivity index (χ3n) is 18.4. The van der Waals surface area contributed by atoms with E-state index in [0.717, 1.165) is 301 Å². The molecule has 0 atom stereocenters. The van der Waals surface area contributed by atoms with Crippen molar-refractivity contribution >= 4 is 64.6 Å². The quantitative estimate of drug-likeness (QED) is 0.0267. The van der Waals surface area contributed by atoms with E-state index in [0.29, 0.717) is 79.3 Å². The van der Waals surface area contributed by atoms with Crippen molar-refractivity contribution in [3.63, 3.8) is 0 Å². The van der Waals surface area contributed by atoms with Crippen LogP contribution in [0.4, 0.5) is 0 Å². The molecule has 8 rings (SSSR count). The van der Waals surface area contributed by atoms with Crippen LogP contribution in [0.15, 0.2) is 72.8 Å². The van der Waals surface area contributed by atoms with Crippen molar-refractivity contribution in [2.45, 2.75) is 249 Å². The number of unbranched alkanes of at least 4 members (excludes halogenated alkanes) is 17. The van der Waals surface area contributed by atoms with Gasteiger partial charge in [0.15, 0.2) is 69.0 Å². The molecule has 0 radical (unpaired) electrons. The SMILES string of the molecule is CCCCOc1cc2c3cc(OCCCC)c(OCCCC)cc3c3cc(OCCCCCCCCCCOc4cc5c6cc(OCCCC)c(OCCCC)cc6c6cc(OCCCC)c(OCCCC)cc6c5cc4OCCCC)c(OCCCC)cc3c2cc1OCCCC. The van der Waals surface area contributed by atoms with E-state index in [1.807, 2.05) is 0 Å². The third kappa shape index (κ3) is 21.7. The standard InChI is InChI=1S/C86H122O12/c1-11-21-39-87-75-51-63-65-53-77(89-41-23-13-3)81(93-45-27-17-7)57-69(65)73-61-85(83(95-47-29-19-9)59-71(73)67(63)55-79(75)91-43-25-15-5)97-49-37-35-33-31-32-34-36-38-50-98-86-62-74-70-58-82(94-46-28-18-8)78(90-42-24-14-4)54-66(70)64-52-76(88-40-22-12-2)80(92-44-26-16-6)56-68(64)72(74)60-84(86)96-48-30-20-10/h51-62H,11-50H2,1-10H3. The van der Waals surface area contributed by atoms with Crippen LogP contribution in [-0.4, -0.2) is 79.3 Å². The average Bonchev–Trinajstić information content (AvgIpc) is 0.735. The van der Waals surface area contributed by atoms with Gasteiger partial charge in [-0.3, -0.25) is 0 Å². The van der Waals surface area contributed by atoms with Gasteiger partial charge in [-0.1, -0.05) is 172 Å². The van der Waals surface area contributed by atoms with E-state index in [4.69, 9.17) is 56.8 Å². The van der Waals surface area contributed by atoms with Crippen LogP contribution in [0.1, 0.15) is 249 Å². The smallest absolute Gasteiger partial charge is 0.161 e. The van der Waals surface area contributed by atoms with Crippen LogP contribution in [0, 0.1) is 0 Å². The highest BCUT2D eigenvalue weighted by molar-refractivity contribution is 6.28. The number of ether oxygens (including phenoxy) is 12. The Morgan fingerprint density at radius 2 is 0.224 bits per heavy atom. The highest BCUT2D eigenvalue weighted by atomic mass is 16.5. The zero-order valence-corrected chi connectivity index (χ0v) is 62.1. The molecule has 0 N–H and O–H groups in total. The third-order valence-corrected chi connectivity index (χ3v) is 18.4. The first-order chi connectivity index (χ1) is 48.3. The molecular weight excluding hydrogens is 1220 g/mol. The maximum Gasteiger partial charge on any atom is 0.161 e. The van der Waals surface area contributed by atoms with Gasteiger partial charge >= 0.3 is 0 Å². The van der Waals surface area contributed by atoms with Crippen molar-refractivity contribution in [3.8, 4) is 69.0 Å². The molecule has 0 bridgehead atoms. The van der Waals surface area contributed by atoms with Crippen LogP contribution in [0.2, 0.25) is 0 Å². The summed E-state index contributed by atoms with van der Waals surface area (Å²) in [5, 5.41) is 12.9. The molecule has 0 fully saturated rings. The van der Waals surface area contributed by atoms with Crippen molar-refractivity contribution in [3.05, 3.63) is 72.8 Å². The molecule has 12 heteroatoms. The molecule has 0 amide bonds. The van der Waals surface area contributed by atoms with E-state index in [1.54, 1.807) is 0 Å². The lowest BCUT2D eigenvalue weighted by molar-refractivity contribution is 0.259. The minimum atomic E-state index is 0.601. The van der Waals surface area contributed by atoms with Crippen molar-refractivity contribution in [2.24, 2.45) is 0 Å². The Morgan fingerprint density at radius 3 is 0.327 bits per heavy atom. The molecule has 12 nitrogen and oxygen atoms in total. The van der Waals surface area contributed by atoms with E-state index < -0.39 is 0 Å². The maximum absolute atomic E-state index is 6.82. The lowest BCUT2D eigenvalue weighted by Gasteiger charge is -2.20. The molecular formula is C86H122O12. The lowest BCUT2D eigenvalue weighted by Crippen LogP contribution is -2.05. The second-order valence-corrected chi connectivity index (χ2v) is 26.6. The van der Waals surface area contributed by atoms with Gasteiger partial charge in [0, 0.05) is 0 Å². The Kier molecular flexibility index (Phi) is 33.5. The zero-order chi connectivity index (χ0) is 69.1. The lowest BCUT2D eigenvalue weighted by atomic mass is 9.93. The van der Waals surface area contributed by atoms with Gasteiger partial charge in [-0.2, -0.15) is 0 Å². The van der Waals surface area contributed by atoms with Crippen molar-refractivity contribution < 1.29 is 56.8 Å². The molecule has 0 saturated carbocycles. The Bertz CT molecular complexity index is 3340. The van der Waals surface area contributed by atoms with Crippen molar-refractivity contribution in [1.29, 1.82) is 0 Å². The zero-order valence-electron chi connectivity index (χ0n) is 62.1. The first-order valence-electron chi connectivity index (χ1n) is 38.9. The van der Waals surface area contributed by atoms with Crippen LogP contribution in [0.25, 0.3) is 64.6 Å². The van der Waals surface area contributed by atoms with Crippen LogP contribution < -0.4 is 56.8 Å². The fourth-order valence-corrected chi connectivity index (χ4v) is 12.3. The Labute approximate surface area is 588 Å². The molecule has 0 aromatic heterocycles. The second kappa shape index (κ2) is 42.8. The summed E-state index contributed by atoms with van der Waals surface area (Å²) in [5.74, 6) is 9.21. The van der Waals surface area contributed by atoms with Gasteiger partial charge in [0.25, 0.3) is 0 Å². The highest BCUT2D eigenvalue weighted by Gasteiger charge is 2.24. The monoisotopic (exact) mass is 1350 g/mol. The van der Waals surface area contributed by atoms with Crippen LogP contribution >= 0.6 is 0 Å². The van der Waals surface area contributed by atoms with Crippen LogP contribution in [0.5, 0.6) is 69.0 Å². The molecule has 0 spiro atoms. The predicted octanol–water partition coefficient (Wildman–Crippen LogP) is 25.0. The molecule has 0 saturated heterocycles. The molecule has 0 aliphatic heterocycles. The molecule has 0 heterocycles. The number of hydrogen-bond acceptors (Lipinski definition) is 12. The summed E-state index contributed by atoms with van der Waals surface area (Å²) in [6.45, 7) is 29.3.